The first kappa shape index (κ1) is 13.7. The summed E-state index contributed by atoms with van der Waals surface area (Å²) in [4.78, 5) is 0. The molecule has 0 bridgehead atoms. The van der Waals surface area contributed by atoms with E-state index in [0.717, 1.165) is 23.2 Å². The molecule has 2 aromatic rings. The Morgan fingerprint density at radius 2 is 1.85 bits per heavy atom. The minimum absolute atomic E-state index is 0.755. The fourth-order valence-corrected chi connectivity index (χ4v) is 2.65. The summed E-state index contributed by atoms with van der Waals surface area (Å²) in [7, 11) is 0. The molecule has 0 unspecified atom stereocenters. The van der Waals surface area contributed by atoms with E-state index in [9.17, 15) is 0 Å². The SMILES string of the molecule is Cc1ccc(-c2ccc(CNC3CC3)cc2C)cc1Cl. The Kier molecular flexibility index (Phi) is 3.82. The lowest BCUT2D eigenvalue weighted by Gasteiger charge is -2.10. The molecule has 0 aromatic heterocycles. The normalized spacial score (nSPS) is 14.6. The molecular weight excluding hydrogens is 266 g/mol. The fraction of sp³-hybridized carbons (Fsp3) is 0.333. The molecular formula is C18H20ClN. The zero-order valence-corrected chi connectivity index (χ0v) is 12.8. The van der Waals surface area contributed by atoms with E-state index in [4.69, 9.17) is 11.6 Å². The van der Waals surface area contributed by atoms with Crippen molar-refractivity contribution in [2.24, 2.45) is 0 Å². The second kappa shape index (κ2) is 5.59. The lowest BCUT2D eigenvalue weighted by Crippen LogP contribution is -2.15. The summed E-state index contributed by atoms with van der Waals surface area (Å²) < 4.78 is 0. The maximum atomic E-state index is 6.23. The van der Waals surface area contributed by atoms with Gasteiger partial charge in [-0.1, -0.05) is 41.9 Å². The van der Waals surface area contributed by atoms with Crippen molar-refractivity contribution in [1.82, 2.24) is 5.32 Å². The molecule has 0 atom stereocenters. The van der Waals surface area contributed by atoms with E-state index >= 15 is 0 Å². The van der Waals surface area contributed by atoms with E-state index in [1.54, 1.807) is 0 Å². The molecule has 0 radical (unpaired) electrons. The number of hydrogen-bond acceptors (Lipinski definition) is 1. The van der Waals surface area contributed by atoms with E-state index in [1.807, 2.05) is 6.92 Å². The Morgan fingerprint density at radius 1 is 1.05 bits per heavy atom. The third-order valence-electron chi connectivity index (χ3n) is 3.95. The van der Waals surface area contributed by atoms with Gasteiger partial charge in [-0.25, -0.2) is 0 Å². The van der Waals surface area contributed by atoms with Gasteiger partial charge < -0.3 is 5.32 Å². The molecule has 1 fully saturated rings. The predicted molar refractivity (Wildman–Crippen MR) is 86.2 cm³/mol. The van der Waals surface area contributed by atoms with Crippen LogP contribution in [0.4, 0.5) is 0 Å². The zero-order valence-electron chi connectivity index (χ0n) is 12.0. The van der Waals surface area contributed by atoms with Gasteiger partial charge in [0.2, 0.25) is 0 Å². The maximum Gasteiger partial charge on any atom is 0.0441 e. The van der Waals surface area contributed by atoms with Crippen molar-refractivity contribution >= 4 is 11.6 Å². The molecule has 1 N–H and O–H groups in total. The average Bonchev–Trinajstić information content (AvgIpc) is 3.24. The van der Waals surface area contributed by atoms with Gasteiger partial charge in [0.15, 0.2) is 0 Å². The monoisotopic (exact) mass is 285 g/mol. The number of rotatable bonds is 4. The quantitative estimate of drug-likeness (QED) is 0.844. The van der Waals surface area contributed by atoms with Crippen LogP contribution in [0, 0.1) is 13.8 Å². The zero-order chi connectivity index (χ0) is 14.1. The van der Waals surface area contributed by atoms with Gasteiger partial charge in [-0.2, -0.15) is 0 Å². The van der Waals surface area contributed by atoms with Gasteiger partial charge in [0.1, 0.15) is 0 Å². The fourth-order valence-electron chi connectivity index (χ4n) is 2.47. The molecule has 0 saturated heterocycles. The minimum atomic E-state index is 0.755. The molecule has 0 amide bonds. The number of halogens is 1. The molecule has 0 heterocycles. The first-order valence-electron chi connectivity index (χ1n) is 7.23. The van der Waals surface area contributed by atoms with Gasteiger partial charge in [0.25, 0.3) is 0 Å². The van der Waals surface area contributed by atoms with Crippen LogP contribution in [0.2, 0.25) is 5.02 Å². The molecule has 0 spiro atoms. The van der Waals surface area contributed by atoms with Gasteiger partial charge >= 0.3 is 0 Å². The lowest BCUT2D eigenvalue weighted by molar-refractivity contribution is 0.687. The van der Waals surface area contributed by atoms with Gasteiger partial charge in [-0.05, 0) is 60.6 Å². The summed E-state index contributed by atoms with van der Waals surface area (Å²) in [5.74, 6) is 0. The Hall–Kier alpha value is -1.31. The molecule has 2 aromatic carbocycles. The van der Waals surface area contributed by atoms with Crippen LogP contribution >= 0.6 is 11.6 Å². The van der Waals surface area contributed by atoms with Crippen molar-refractivity contribution in [2.75, 3.05) is 0 Å². The standard InChI is InChI=1S/C18H20ClN/c1-12-3-5-15(10-18(12)19)17-8-4-14(9-13(17)2)11-20-16-6-7-16/h3-5,8-10,16,20H,6-7,11H2,1-2H3. The van der Waals surface area contributed by atoms with Crippen LogP contribution < -0.4 is 5.32 Å². The van der Waals surface area contributed by atoms with E-state index < -0.39 is 0 Å². The van der Waals surface area contributed by atoms with E-state index in [2.05, 4.69) is 48.6 Å². The first-order valence-corrected chi connectivity index (χ1v) is 7.61. The van der Waals surface area contributed by atoms with Crippen LogP contribution in [0.25, 0.3) is 11.1 Å². The topological polar surface area (TPSA) is 12.0 Å². The van der Waals surface area contributed by atoms with Crippen LogP contribution in [-0.2, 0) is 6.54 Å². The highest BCUT2D eigenvalue weighted by atomic mass is 35.5. The van der Waals surface area contributed by atoms with Crippen molar-refractivity contribution in [3.8, 4) is 11.1 Å². The van der Waals surface area contributed by atoms with Gasteiger partial charge in [0, 0.05) is 17.6 Å². The van der Waals surface area contributed by atoms with Gasteiger partial charge in [0.05, 0.1) is 0 Å². The van der Waals surface area contributed by atoms with Crippen LogP contribution in [0.1, 0.15) is 29.5 Å². The highest BCUT2D eigenvalue weighted by Crippen LogP contribution is 2.28. The van der Waals surface area contributed by atoms with Crippen LogP contribution in [0.15, 0.2) is 36.4 Å². The Labute approximate surface area is 126 Å². The molecule has 2 heteroatoms. The average molecular weight is 286 g/mol. The number of benzene rings is 2. The summed E-state index contributed by atoms with van der Waals surface area (Å²) in [5, 5.41) is 4.39. The molecule has 1 aliphatic rings. The molecule has 1 saturated carbocycles. The molecule has 0 aliphatic heterocycles. The number of hydrogen-bond donors (Lipinski definition) is 1. The summed E-state index contributed by atoms with van der Waals surface area (Å²) in [6, 6.07) is 13.7. The molecule has 3 rings (SSSR count). The Bertz CT molecular complexity index is 629. The van der Waals surface area contributed by atoms with Crippen molar-refractivity contribution in [3.05, 3.63) is 58.1 Å². The smallest absolute Gasteiger partial charge is 0.0441 e. The van der Waals surface area contributed by atoms with Crippen molar-refractivity contribution < 1.29 is 0 Å². The predicted octanol–water partition coefficient (Wildman–Crippen LogP) is 4.88. The molecule has 104 valence electrons. The van der Waals surface area contributed by atoms with Crippen LogP contribution in [0.3, 0.4) is 0 Å². The Morgan fingerprint density at radius 3 is 2.50 bits per heavy atom. The molecule has 20 heavy (non-hydrogen) atoms. The summed E-state index contributed by atoms with van der Waals surface area (Å²) in [5.41, 5.74) is 6.25. The van der Waals surface area contributed by atoms with Gasteiger partial charge in [-0.15, -0.1) is 0 Å². The van der Waals surface area contributed by atoms with Crippen LogP contribution in [0.5, 0.6) is 0 Å². The van der Waals surface area contributed by atoms with Gasteiger partial charge in [-0.3, -0.25) is 0 Å². The van der Waals surface area contributed by atoms with E-state index in [-0.39, 0.29) is 0 Å². The second-order valence-electron chi connectivity index (χ2n) is 5.77. The van der Waals surface area contributed by atoms with Crippen molar-refractivity contribution in [2.45, 2.75) is 39.3 Å². The van der Waals surface area contributed by atoms with Crippen LogP contribution in [-0.4, -0.2) is 6.04 Å². The third-order valence-corrected chi connectivity index (χ3v) is 4.35. The molecule has 1 nitrogen and oxygen atoms in total. The van der Waals surface area contributed by atoms with E-state index in [0.29, 0.717) is 0 Å². The largest absolute Gasteiger partial charge is 0.310 e. The number of nitrogens with one attached hydrogen (secondary N) is 1. The summed E-state index contributed by atoms with van der Waals surface area (Å²) in [6.45, 7) is 5.18. The second-order valence-corrected chi connectivity index (χ2v) is 6.18. The summed E-state index contributed by atoms with van der Waals surface area (Å²) >= 11 is 6.23. The minimum Gasteiger partial charge on any atom is -0.310 e. The first-order chi connectivity index (χ1) is 9.63. The third kappa shape index (κ3) is 3.05. The Balaban J connectivity index is 1.83. The lowest BCUT2D eigenvalue weighted by atomic mass is 9.97. The van der Waals surface area contributed by atoms with Crippen molar-refractivity contribution in [1.29, 1.82) is 0 Å². The highest BCUT2D eigenvalue weighted by Gasteiger charge is 2.19. The number of aryl methyl sites for hydroxylation is 2. The maximum absolute atomic E-state index is 6.23. The highest BCUT2D eigenvalue weighted by molar-refractivity contribution is 6.31. The van der Waals surface area contributed by atoms with E-state index in [1.165, 1.54) is 35.1 Å². The molecule has 1 aliphatic carbocycles. The summed E-state index contributed by atoms with van der Waals surface area (Å²) in [6.07, 6.45) is 2.66. The van der Waals surface area contributed by atoms with Crippen molar-refractivity contribution in [3.63, 3.8) is 0 Å².